The Labute approximate surface area is 148 Å². The average molecular weight is 389 g/mol. The highest BCUT2D eigenvalue weighted by Crippen LogP contribution is 2.22. The Bertz CT molecular complexity index is 753. The first kappa shape index (κ1) is 16.6. The van der Waals surface area contributed by atoms with Crippen molar-refractivity contribution in [3.63, 3.8) is 0 Å². The molecule has 2 aromatic rings. The molecule has 0 radical (unpaired) electrons. The van der Waals surface area contributed by atoms with Crippen LogP contribution in [0.2, 0.25) is 0 Å². The standard InChI is InChI=1S/C17H17BrN4O2/c1-21(2)16(23)12-9-22(10-12)17(24)15-8-7-14(19-20-15)11-3-5-13(18)6-4-11/h3-8,12H,9-10H2,1-2H3. The van der Waals surface area contributed by atoms with E-state index < -0.39 is 0 Å². The monoisotopic (exact) mass is 388 g/mol. The molecule has 0 N–H and O–H groups in total. The molecule has 0 spiro atoms. The van der Waals surface area contributed by atoms with Crippen molar-refractivity contribution >= 4 is 27.7 Å². The van der Waals surface area contributed by atoms with Gasteiger partial charge in [0, 0.05) is 37.2 Å². The minimum absolute atomic E-state index is 0.0516. The van der Waals surface area contributed by atoms with Crippen molar-refractivity contribution in [2.45, 2.75) is 0 Å². The molecule has 24 heavy (non-hydrogen) atoms. The summed E-state index contributed by atoms with van der Waals surface area (Å²) in [4.78, 5) is 27.3. The Kier molecular flexibility index (Phi) is 4.62. The minimum Gasteiger partial charge on any atom is -0.348 e. The van der Waals surface area contributed by atoms with Crippen LogP contribution >= 0.6 is 15.9 Å². The highest BCUT2D eigenvalue weighted by Gasteiger charge is 2.37. The molecular weight excluding hydrogens is 372 g/mol. The second-order valence-electron chi connectivity index (χ2n) is 5.95. The molecule has 1 fully saturated rings. The molecule has 1 saturated heterocycles. The van der Waals surface area contributed by atoms with Crippen molar-refractivity contribution in [2.24, 2.45) is 5.92 Å². The first-order valence-electron chi connectivity index (χ1n) is 7.56. The summed E-state index contributed by atoms with van der Waals surface area (Å²) in [5.41, 5.74) is 1.94. The van der Waals surface area contributed by atoms with Gasteiger partial charge >= 0.3 is 0 Å². The van der Waals surface area contributed by atoms with Gasteiger partial charge in [0.25, 0.3) is 5.91 Å². The lowest BCUT2D eigenvalue weighted by atomic mass is 9.98. The van der Waals surface area contributed by atoms with Crippen LogP contribution in [0.25, 0.3) is 11.3 Å². The topological polar surface area (TPSA) is 66.4 Å². The molecule has 1 aliphatic heterocycles. The number of hydrogen-bond donors (Lipinski definition) is 0. The van der Waals surface area contributed by atoms with E-state index in [0.29, 0.717) is 24.5 Å². The Morgan fingerprint density at radius 3 is 2.29 bits per heavy atom. The Hall–Kier alpha value is -2.28. The van der Waals surface area contributed by atoms with Gasteiger partial charge in [-0.05, 0) is 24.3 Å². The summed E-state index contributed by atoms with van der Waals surface area (Å²) in [5, 5.41) is 8.17. The molecule has 1 aromatic carbocycles. The molecule has 2 amide bonds. The number of halogens is 1. The van der Waals surface area contributed by atoms with Gasteiger partial charge in [-0.3, -0.25) is 9.59 Å². The van der Waals surface area contributed by atoms with Crippen LogP contribution in [0.4, 0.5) is 0 Å². The van der Waals surface area contributed by atoms with Crippen LogP contribution in [-0.4, -0.2) is 59.0 Å². The summed E-state index contributed by atoms with van der Waals surface area (Å²) in [7, 11) is 3.44. The molecule has 1 aromatic heterocycles. The summed E-state index contributed by atoms with van der Waals surface area (Å²) >= 11 is 3.39. The molecule has 0 unspecified atom stereocenters. The number of nitrogens with zero attached hydrogens (tertiary/aromatic N) is 4. The number of carbonyl (C=O) groups is 2. The van der Waals surface area contributed by atoms with Crippen LogP contribution in [0.3, 0.4) is 0 Å². The van der Waals surface area contributed by atoms with Crippen molar-refractivity contribution in [3.8, 4) is 11.3 Å². The predicted octanol–water partition coefficient (Wildman–Crippen LogP) is 2.07. The average Bonchev–Trinajstić information content (AvgIpc) is 2.54. The van der Waals surface area contributed by atoms with Crippen LogP contribution in [0.15, 0.2) is 40.9 Å². The first-order chi connectivity index (χ1) is 11.5. The molecule has 2 heterocycles. The maximum absolute atomic E-state index is 12.3. The Balaban J connectivity index is 1.65. The van der Waals surface area contributed by atoms with Crippen LogP contribution in [-0.2, 0) is 4.79 Å². The smallest absolute Gasteiger partial charge is 0.274 e. The zero-order chi connectivity index (χ0) is 17.3. The van der Waals surface area contributed by atoms with Crippen LogP contribution in [0, 0.1) is 5.92 Å². The van der Waals surface area contributed by atoms with Crippen molar-refractivity contribution in [3.05, 3.63) is 46.6 Å². The molecule has 1 aliphatic rings. The summed E-state index contributed by atoms with van der Waals surface area (Å²) < 4.78 is 0.991. The fourth-order valence-electron chi connectivity index (χ4n) is 2.55. The molecule has 0 atom stereocenters. The summed E-state index contributed by atoms with van der Waals surface area (Å²) in [6.45, 7) is 0.873. The van der Waals surface area contributed by atoms with Crippen LogP contribution in [0.1, 0.15) is 10.5 Å². The van der Waals surface area contributed by atoms with E-state index in [0.717, 1.165) is 10.0 Å². The largest absolute Gasteiger partial charge is 0.348 e. The third-order valence-electron chi connectivity index (χ3n) is 3.98. The fraction of sp³-hybridized carbons (Fsp3) is 0.294. The van der Waals surface area contributed by atoms with Gasteiger partial charge in [0.1, 0.15) is 0 Å². The van der Waals surface area contributed by atoms with E-state index >= 15 is 0 Å². The van der Waals surface area contributed by atoms with E-state index in [1.54, 1.807) is 36.0 Å². The number of amides is 2. The zero-order valence-electron chi connectivity index (χ0n) is 13.4. The number of aromatic nitrogens is 2. The maximum atomic E-state index is 12.3. The van der Waals surface area contributed by atoms with Gasteiger partial charge in [-0.25, -0.2) is 0 Å². The van der Waals surface area contributed by atoms with Gasteiger partial charge in [0.15, 0.2) is 5.69 Å². The van der Waals surface area contributed by atoms with Gasteiger partial charge in [-0.2, -0.15) is 0 Å². The lowest BCUT2D eigenvalue weighted by Gasteiger charge is -2.38. The van der Waals surface area contributed by atoms with Gasteiger partial charge in [-0.15, -0.1) is 10.2 Å². The second kappa shape index (κ2) is 6.68. The van der Waals surface area contributed by atoms with E-state index in [1.165, 1.54) is 0 Å². The lowest BCUT2D eigenvalue weighted by molar-refractivity contribution is -0.137. The predicted molar refractivity (Wildman–Crippen MR) is 93.3 cm³/mol. The van der Waals surface area contributed by atoms with Crippen molar-refractivity contribution in [1.29, 1.82) is 0 Å². The summed E-state index contributed by atoms with van der Waals surface area (Å²) in [6, 6.07) is 11.2. The minimum atomic E-state index is -0.187. The van der Waals surface area contributed by atoms with Gasteiger partial charge in [0.05, 0.1) is 11.6 Å². The quantitative estimate of drug-likeness (QED) is 0.806. The molecule has 0 aliphatic carbocycles. The SMILES string of the molecule is CN(C)C(=O)C1CN(C(=O)c2ccc(-c3ccc(Br)cc3)nn2)C1. The molecular formula is C17H17BrN4O2. The van der Waals surface area contributed by atoms with E-state index in [4.69, 9.17) is 0 Å². The molecule has 0 bridgehead atoms. The first-order valence-corrected chi connectivity index (χ1v) is 8.35. The molecule has 6 nitrogen and oxygen atoms in total. The number of likely N-dealkylation sites (tertiary alicyclic amines) is 1. The fourth-order valence-corrected chi connectivity index (χ4v) is 2.81. The summed E-state index contributed by atoms with van der Waals surface area (Å²) in [6.07, 6.45) is 0. The zero-order valence-corrected chi connectivity index (χ0v) is 15.0. The lowest BCUT2D eigenvalue weighted by Crippen LogP contribution is -2.55. The number of hydrogen-bond acceptors (Lipinski definition) is 4. The number of rotatable bonds is 3. The second-order valence-corrected chi connectivity index (χ2v) is 6.87. The molecule has 3 rings (SSSR count). The number of carbonyl (C=O) groups excluding carboxylic acids is 2. The normalized spacial score (nSPS) is 14.2. The Morgan fingerprint density at radius 1 is 1.08 bits per heavy atom. The van der Waals surface area contributed by atoms with Crippen LogP contribution in [0.5, 0.6) is 0 Å². The maximum Gasteiger partial charge on any atom is 0.274 e. The van der Waals surface area contributed by atoms with Gasteiger partial charge in [0.2, 0.25) is 5.91 Å². The van der Waals surface area contributed by atoms with Crippen molar-refractivity contribution in [1.82, 2.24) is 20.0 Å². The van der Waals surface area contributed by atoms with Crippen LogP contribution < -0.4 is 0 Å². The van der Waals surface area contributed by atoms with E-state index in [9.17, 15) is 9.59 Å². The van der Waals surface area contributed by atoms with E-state index in [2.05, 4.69) is 26.1 Å². The number of benzene rings is 1. The highest BCUT2D eigenvalue weighted by molar-refractivity contribution is 9.10. The summed E-state index contributed by atoms with van der Waals surface area (Å²) in [5.74, 6) is -0.248. The third kappa shape index (κ3) is 3.31. The van der Waals surface area contributed by atoms with Crippen molar-refractivity contribution in [2.75, 3.05) is 27.2 Å². The molecule has 7 heteroatoms. The van der Waals surface area contributed by atoms with E-state index in [1.807, 2.05) is 24.3 Å². The van der Waals surface area contributed by atoms with Gasteiger partial charge in [-0.1, -0.05) is 28.1 Å². The molecule has 124 valence electrons. The highest BCUT2D eigenvalue weighted by atomic mass is 79.9. The van der Waals surface area contributed by atoms with Gasteiger partial charge < -0.3 is 9.80 Å². The third-order valence-corrected chi connectivity index (χ3v) is 4.51. The molecule has 0 saturated carbocycles. The Morgan fingerprint density at radius 2 is 1.75 bits per heavy atom. The van der Waals surface area contributed by atoms with Crippen molar-refractivity contribution < 1.29 is 9.59 Å². The van der Waals surface area contributed by atoms with E-state index in [-0.39, 0.29) is 17.7 Å².